The predicted molar refractivity (Wildman–Crippen MR) is 79.3 cm³/mol. The van der Waals surface area contributed by atoms with Crippen molar-refractivity contribution >= 4 is 17.4 Å². The summed E-state index contributed by atoms with van der Waals surface area (Å²) in [4.78, 5) is 12.9. The van der Waals surface area contributed by atoms with E-state index in [1.165, 1.54) is 0 Å². The normalized spacial score (nSPS) is 21.6. The summed E-state index contributed by atoms with van der Waals surface area (Å²) in [5.74, 6) is 0.00386. The monoisotopic (exact) mass is 286 g/mol. The van der Waals surface area contributed by atoms with Gasteiger partial charge in [0, 0.05) is 10.6 Å². The highest BCUT2D eigenvalue weighted by atomic mass is 35.5. The standard InChI is InChI=1S/C17H15ClO2/c18-14-7-5-13(6-8-14)17(11-19)10-9-12-3-1-2-4-15(12)16(17)20/h1-8,19H,9-11H2. The Balaban J connectivity index is 2.11. The number of ketones is 1. The van der Waals surface area contributed by atoms with Crippen LogP contribution in [0.25, 0.3) is 0 Å². The summed E-state index contributed by atoms with van der Waals surface area (Å²) in [6.07, 6.45) is 1.42. The van der Waals surface area contributed by atoms with Gasteiger partial charge in [0.2, 0.25) is 0 Å². The van der Waals surface area contributed by atoms with E-state index < -0.39 is 5.41 Å². The van der Waals surface area contributed by atoms with Crippen molar-refractivity contribution in [1.29, 1.82) is 0 Å². The van der Waals surface area contributed by atoms with Crippen molar-refractivity contribution in [1.82, 2.24) is 0 Å². The van der Waals surface area contributed by atoms with Gasteiger partial charge in [-0.15, -0.1) is 0 Å². The summed E-state index contributed by atoms with van der Waals surface area (Å²) < 4.78 is 0. The van der Waals surface area contributed by atoms with Crippen molar-refractivity contribution in [2.45, 2.75) is 18.3 Å². The van der Waals surface area contributed by atoms with Gasteiger partial charge >= 0.3 is 0 Å². The fourth-order valence-corrected chi connectivity index (χ4v) is 3.09. The zero-order valence-electron chi connectivity index (χ0n) is 11.0. The van der Waals surface area contributed by atoms with E-state index in [0.29, 0.717) is 11.4 Å². The van der Waals surface area contributed by atoms with Gasteiger partial charge in [-0.05, 0) is 36.1 Å². The van der Waals surface area contributed by atoms with Gasteiger partial charge in [-0.2, -0.15) is 0 Å². The second-order valence-corrected chi connectivity index (χ2v) is 5.67. The average Bonchev–Trinajstić information content (AvgIpc) is 2.49. The zero-order valence-corrected chi connectivity index (χ0v) is 11.7. The molecule has 3 rings (SSSR count). The van der Waals surface area contributed by atoms with Gasteiger partial charge in [0.1, 0.15) is 0 Å². The maximum atomic E-state index is 12.9. The second-order valence-electron chi connectivity index (χ2n) is 5.23. The van der Waals surface area contributed by atoms with Crippen LogP contribution in [0.3, 0.4) is 0 Å². The van der Waals surface area contributed by atoms with E-state index in [2.05, 4.69) is 0 Å². The number of aliphatic hydroxyl groups is 1. The Morgan fingerprint density at radius 1 is 1.10 bits per heavy atom. The number of Topliss-reactive ketones (excluding diaryl/α,β-unsaturated/α-hetero) is 1. The van der Waals surface area contributed by atoms with Gasteiger partial charge in [0.15, 0.2) is 5.78 Å². The number of hydrogen-bond donors (Lipinski definition) is 1. The minimum absolute atomic E-state index is 0.00386. The second kappa shape index (κ2) is 5.04. The van der Waals surface area contributed by atoms with E-state index in [4.69, 9.17) is 11.6 Å². The first-order valence-corrected chi connectivity index (χ1v) is 7.05. The van der Waals surface area contributed by atoms with Crippen LogP contribution in [0.4, 0.5) is 0 Å². The van der Waals surface area contributed by atoms with Gasteiger partial charge in [-0.25, -0.2) is 0 Å². The van der Waals surface area contributed by atoms with Gasteiger partial charge in [-0.3, -0.25) is 4.79 Å². The molecule has 0 amide bonds. The van der Waals surface area contributed by atoms with Crippen molar-refractivity contribution in [3.63, 3.8) is 0 Å². The van der Waals surface area contributed by atoms with Crippen molar-refractivity contribution in [2.24, 2.45) is 0 Å². The Kier molecular flexibility index (Phi) is 3.36. The summed E-state index contributed by atoms with van der Waals surface area (Å²) in [6.45, 7) is -0.179. The molecule has 2 nitrogen and oxygen atoms in total. The number of carbonyl (C=O) groups excluding carboxylic acids is 1. The van der Waals surface area contributed by atoms with E-state index in [1.54, 1.807) is 12.1 Å². The van der Waals surface area contributed by atoms with E-state index >= 15 is 0 Å². The first-order valence-electron chi connectivity index (χ1n) is 6.67. The molecular weight excluding hydrogens is 272 g/mol. The lowest BCUT2D eigenvalue weighted by molar-refractivity contribution is 0.0768. The highest BCUT2D eigenvalue weighted by Crippen LogP contribution is 2.38. The molecule has 0 radical (unpaired) electrons. The van der Waals surface area contributed by atoms with Crippen LogP contribution >= 0.6 is 11.6 Å². The summed E-state index contributed by atoms with van der Waals surface area (Å²) in [5, 5.41) is 10.5. The molecule has 1 N–H and O–H groups in total. The Hall–Kier alpha value is -1.64. The minimum atomic E-state index is -0.834. The number of aryl methyl sites for hydroxylation is 1. The Morgan fingerprint density at radius 3 is 2.50 bits per heavy atom. The zero-order chi connectivity index (χ0) is 14.2. The number of hydrogen-bond acceptors (Lipinski definition) is 2. The van der Waals surface area contributed by atoms with E-state index in [9.17, 15) is 9.90 Å². The molecule has 0 aliphatic heterocycles. The predicted octanol–water partition coefficient (Wildman–Crippen LogP) is 3.40. The number of rotatable bonds is 2. The lowest BCUT2D eigenvalue weighted by atomic mass is 9.67. The molecule has 0 aromatic heterocycles. The Bertz CT molecular complexity index is 648. The van der Waals surface area contributed by atoms with Crippen molar-refractivity contribution in [2.75, 3.05) is 6.61 Å². The fraction of sp³-hybridized carbons (Fsp3) is 0.235. The Morgan fingerprint density at radius 2 is 1.80 bits per heavy atom. The maximum absolute atomic E-state index is 12.9. The van der Waals surface area contributed by atoms with Crippen LogP contribution < -0.4 is 0 Å². The molecule has 0 heterocycles. The maximum Gasteiger partial charge on any atom is 0.175 e. The Labute approximate surface area is 123 Å². The fourth-order valence-electron chi connectivity index (χ4n) is 2.97. The largest absolute Gasteiger partial charge is 0.395 e. The molecular formula is C17H15ClO2. The summed E-state index contributed by atoms with van der Waals surface area (Å²) in [5.41, 5.74) is 1.79. The molecule has 2 aromatic carbocycles. The third kappa shape index (κ3) is 1.96. The molecule has 3 heteroatoms. The summed E-state index contributed by atoms with van der Waals surface area (Å²) in [6, 6.07) is 14.8. The van der Waals surface area contributed by atoms with Crippen LogP contribution in [0.2, 0.25) is 5.02 Å². The number of halogens is 1. The van der Waals surface area contributed by atoms with E-state index in [1.807, 2.05) is 36.4 Å². The smallest absolute Gasteiger partial charge is 0.175 e. The van der Waals surface area contributed by atoms with Crippen molar-refractivity contribution in [3.05, 3.63) is 70.2 Å². The quantitative estimate of drug-likeness (QED) is 0.919. The minimum Gasteiger partial charge on any atom is -0.395 e. The first kappa shape index (κ1) is 13.3. The SMILES string of the molecule is O=C1c2ccccc2CCC1(CO)c1ccc(Cl)cc1. The van der Waals surface area contributed by atoms with E-state index in [0.717, 1.165) is 23.1 Å². The number of aliphatic hydroxyl groups excluding tert-OH is 1. The summed E-state index contributed by atoms with van der Waals surface area (Å²) in [7, 11) is 0. The highest BCUT2D eigenvalue weighted by Gasteiger charge is 2.43. The van der Waals surface area contributed by atoms with Crippen LogP contribution in [0.5, 0.6) is 0 Å². The average molecular weight is 287 g/mol. The molecule has 0 saturated heterocycles. The topological polar surface area (TPSA) is 37.3 Å². The van der Waals surface area contributed by atoms with Crippen molar-refractivity contribution < 1.29 is 9.90 Å². The lowest BCUT2D eigenvalue weighted by Crippen LogP contribution is -2.43. The number of carbonyl (C=O) groups is 1. The number of benzene rings is 2. The lowest BCUT2D eigenvalue weighted by Gasteiger charge is -2.35. The van der Waals surface area contributed by atoms with Crippen LogP contribution in [-0.2, 0) is 11.8 Å². The molecule has 0 saturated carbocycles. The molecule has 1 unspecified atom stereocenters. The van der Waals surface area contributed by atoms with Gasteiger partial charge in [-0.1, -0.05) is 48.0 Å². The van der Waals surface area contributed by atoms with Gasteiger partial charge in [0.05, 0.1) is 12.0 Å². The third-order valence-corrected chi connectivity index (χ3v) is 4.44. The van der Waals surface area contributed by atoms with Crippen LogP contribution in [0.1, 0.15) is 27.9 Å². The molecule has 1 atom stereocenters. The molecule has 1 aliphatic rings. The summed E-state index contributed by atoms with van der Waals surface area (Å²) >= 11 is 5.91. The molecule has 102 valence electrons. The van der Waals surface area contributed by atoms with Gasteiger partial charge < -0.3 is 5.11 Å². The van der Waals surface area contributed by atoms with Crippen LogP contribution in [-0.4, -0.2) is 17.5 Å². The first-order chi connectivity index (χ1) is 9.67. The van der Waals surface area contributed by atoms with Crippen molar-refractivity contribution in [3.8, 4) is 0 Å². The molecule has 0 spiro atoms. The highest BCUT2D eigenvalue weighted by molar-refractivity contribution is 6.30. The molecule has 0 bridgehead atoms. The molecule has 20 heavy (non-hydrogen) atoms. The third-order valence-electron chi connectivity index (χ3n) is 4.18. The molecule has 2 aromatic rings. The number of fused-ring (bicyclic) bond motifs is 1. The molecule has 0 fully saturated rings. The van der Waals surface area contributed by atoms with Crippen LogP contribution in [0.15, 0.2) is 48.5 Å². The van der Waals surface area contributed by atoms with Gasteiger partial charge in [0.25, 0.3) is 0 Å². The van der Waals surface area contributed by atoms with E-state index in [-0.39, 0.29) is 12.4 Å². The van der Waals surface area contributed by atoms with Crippen LogP contribution in [0, 0.1) is 0 Å². The molecule has 1 aliphatic carbocycles.